The second-order valence-corrected chi connectivity index (χ2v) is 7.89. The van der Waals surface area contributed by atoms with E-state index in [0.29, 0.717) is 6.61 Å². The van der Waals surface area contributed by atoms with E-state index >= 15 is 0 Å². The minimum absolute atomic E-state index is 0.639. The smallest absolute Gasteiger partial charge is 0.171 e. The van der Waals surface area contributed by atoms with Crippen LogP contribution in [0.15, 0.2) is 71.1 Å². The number of aryl methyl sites for hydroxylation is 1. The zero-order chi connectivity index (χ0) is 17.8. The van der Waals surface area contributed by atoms with E-state index in [9.17, 15) is 0 Å². The Morgan fingerprint density at radius 2 is 1.81 bits per heavy atom. The van der Waals surface area contributed by atoms with Gasteiger partial charge in [0.25, 0.3) is 0 Å². The van der Waals surface area contributed by atoms with Gasteiger partial charge in [-0.05, 0) is 36.6 Å². The molecule has 26 heavy (non-hydrogen) atoms. The summed E-state index contributed by atoms with van der Waals surface area (Å²) < 4.78 is 5.84. The molecule has 0 unspecified atom stereocenters. The molecule has 2 aromatic carbocycles. The van der Waals surface area contributed by atoms with Crippen LogP contribution in [-0.2, 0) is 0 Å². The molecular formula is C21H18N2OS2. The normalized spacial score (nSPS) is 11.0. The first kappa shape index (κ1) is 17.1. The molecule has 130 valence electrons. The summed E-state index contributed by atoms with van der Waals surface area (Å²) in [5.41, 5.74) is 2.22. The number of rotatable bonds is 6. The Bertz CT molecular complexity index is 998. The van der Waals surface area contributed by atoms with E-state index in [1.165, 1.54) is 5.56 Å². The first-order chi connectivity index (χ1) is 12.8. The minimum atomic E-state index is 0.639. The van der Waals surface area contributed by atoms with Crippen molar-refractivity contribution in [3.63, 3.8) is 0 Å². The Morgan fingerprint density at radius 3 is 2.62 bits per heavy atom. The molecule has 0 bridgehead atoms. The van der Waals surface area contributed by atoms with Crippen molar-refractivity contribution < 1.29 is 4.74 Å². The van der Waals surface area contributed by atoms with Crippen molar-refractivity contribution in [2.45, 2.75) is 11.9 Å². The SMILES string of the molecule is Cc1ccc(OCCSc2nc(-c3cccs3)nc3ccccc23)cc1. The molecule has 0 spiro atoms. The minimum Gasteiger partial charge on any atom is -0.493 e. The van der Waals surface area contributed by atoms with Crippen LogP contribution in [0, 0.1) is 6.92 Å². The fourth-order valence-corrected chi connectivity index (χ4v) is 4.10. The maximum absolute atomic E-state index is 5.84. The van der Waals surface area contributed by atoms with Crippen molar-refractivity contribution in [1.82, 2.24) is 9.97 Å². The van der Waals surface area contributed by atoms with Crippen LogP contribution < -0.4 is 4.74 Å². The molecule has 3 nitrogen and oxygen atoms in total. The monoisotopic (exact) mass is 378 g/mol. The number of hydrogen-bond donors (Lipinski definition) is 0. The fraction of sp³-hybridized carbons (Fsp3) is 0.143. The fourth-order valence-electron chi connectivity index (χ4n) is 2.61. The number of aromatic nitrogens is 2. The Balaban J connectivity index is 1.50. The number of hydrogen-bond acceptors (Lipinski definition) is 5. The third kappa shape index (κ3) is 3.89. The highest BCUT2D eigenvalue weighted by atomic mass is 32.2. The summed E-state index contributed by atoms with van der Waals surface area (Å²) in [5.74, 6) is 2.53. The van der Waals surface area contributed by atoms with Crippen LogP contribution in [0.2, 0.25) is 0 Å². The van der Waals surface area contributed by atoms with Crippen molar-refractivity contribution in [1.29, 1.82) is 0 Å². The highest BCUT2D eigenvalue weighted by Gasteiger charge is 2.10. The van der Waals surface area contributed by atoms with Gasteiger partial charge in [-0.25, -0.2) is 9.97 Å². The number of benzene rings is 2. The van der Waals surface area contributed by atoms with Gasteiger partial charge in [0.2, 0.25) is 0 Å². The van der Waals surface area contributed by atoms with Gasteiger partial charge in [0.15, 0.2) is 5.82 Å². The lowest BCUT2D eigenvalue weighted by Crippen LogP contribution is -2.01. The first-order valence-electron chi connectivity index (χ1n) is 8.42. The maximum Gasteiger partial charge on any atom is 0.171 e. The second-order valence-electron chi connectivity index (χ2n) is 5.86. The van der Waals surface area contributed by atoms with Gasteiger partial charge in [0.05, 0.1) is 17.0 Å². The van der Waals surface area contributed by atoms with E-state index in [0.717, 1.165) is 38.1 Å². The van der Waals surface area contributed by atoms with Crippen molar-refractivity contribution >= 4 is 34.0 Å². The molecule has 0 saturated heterocycles. The van der Waals surface area contributed by atoms with E-state index in [1.807, 2.05) is 36.4 Å². The molecule has 0 aliphatic rings. The standard InChI is InChI=1S/C21H18N2OS2/c1-15-8-10-16(11-9-15)24-12-14-26-21-17-5-2-3-6-18(17)22-20(23-21)19-7-4-13-25-19/h2-11,13H,12,14H2,1H3. The molecule has 0 amide bonds. The van der Waals surface area contributed by atoms with Crippen LogP contribution in [0.5, 0.6) is 5.75 Å². The summed E-state index contributed by atoms with van der Waals surface area (Å²) in [6.45, 7) is 2.71. The lowest BCUT2D eigenvalue weighted by molar-refractivity contribution is 0.344. The molecule has 0 fully saturated rings. The Hall–Kier alpha value is -2.37. The van der Waals surface area contributed by atoms with Crippen molar-refractivity contribution in [2.24, 2.45) is 0 Å². The molecule has 0 atom stereocenters. The Labute approximate surface area is 161 Å². The van der Waals surface area contributed by atoms with Gasteiger partial charge in [-0.3, -0.25) is 0 Å². The Morgan fingerprint density at radius 1 is 0.962 bits per heavy atom. The van der Waals surface area contributed by atoms with Crippen LogP contribution in [0.4, 0.5) is 0 Å². The van der Waals surface area contributed by atoms with Gasteiger partial charge in [0.1, 0.15) is 10.8 Å². The third-order valence-electron chi connectivity index (χ3n) is 3.92. The number of thiophene rings is 1. The molecule has 0 aliphatic heterocycles. The number of nitrogens with zero attached hydrogens (tertiary/aromatic N) is 2. The van der Waals surface area contributed by atoms with E-state index in [-0.39, 0.29) is 0 Å². The molecule has 0 saturated carbocycles. The molecule has 4 rings (SSSR count). The average Bonchev–Trinajstić information content (AvgIpc) is 3.21. The van der Waals surface area contributed by atoms with Crippen LogP contribution in [0.3, 0.4) is 0 Å². The number of thioether (sulfide) groups is 1. The number of para-hydroxylation sites is 1. The first-order valence-corrected chi connectivity index (χ1v) is 10.3. The summed E-state index contributed by atoms with van der Waals surface area (Å²) in [7, 11) is 0. The molecule has 0 N–H and O–H groups in total. The second kappa shape index (κ2) is 7.89. The zero-order valence-corrected chi connectivity index (χ0v) is 16.0. The molecular weight excluding hydrogens is 360 g/mol. The summed E-state index contributed by atoms with van der Waals surface area (Å²) >= 11 is 3.37. The van der Waals surface area contributed by atoms with E-state index < -0.39 is 0 Å². The number of ether oxygens (including phenoxy) is 1. The summed E-state index contributed by atoms with van der Waals surface area (Å²) in [6, 6.07) is 20.4. The van der Waals surface area contributed by atoms with Gasteiger partial charge < -0.3 is 4.74 Å². The molecule has 0 aliphatic carbocycles. The number of fused-ring (bicyclic) bond motifs is 1. The van der Waals surface area contributed by atoms with Gasteiger partial charge in [-0.1, -0.05) is 42.0 Å². The summed E-state index contributed by atoms with van der Waals surface area (Å²) in [4.78, 5) is 10.6. The van der Waals surface area contributed by atoms with Crippen molar-refractivity contribution in [2.75, 3.05) is 12.4 Å². The topological polar surface area (TPSA) is 35.0 Å². The highest BCUT2D eigenvalue weighted by molar-refractivity contribution is 7.99. The maximum atomic E-state index is 5.84. The van der Waals surface area contributed by atoms with E-state index in [2.05, 4.69) is 36.6 Å². The van der Waals surface area contributed by atoms with Gasteiger partial charge in [0, 0.05) is 11.1 Å². The molecule has 2 heterocycles. The average molecular weight is 379 g/mol. The predicted octanol–water partition coefficient (Wildman–Crippen LogP) is 5.84. The molecule has 2 aromatic heterocycles. The lowest BCUT2D eigenvalue weighted by atomic mass is 10.2. The van der Waals surface area contributed by atoms with Crippen molar-refractivity contribution in [3.8, 4) is 16.5 Å². The summed E-state index contributed by atoms with van der Waals surface area (Å²) in [5, 5.41) is 4.15. The Kier molecular flexibility index (Phi) is 5.18. The zero-order valence-electron chi connectivity index (χ0n) is 14.4. The quantitative estimate of drug-likeness (QED) is 0.240. The molecule has 5 heteroatoms. The van der Waals surface area contributed by atoms with Gasteiger partial charge in [-0.2, -0.15) is 0 Å². The van der Waals surface area contributed by atoms with Crippen LogP contribution in [0.1, 0.15) is 5.56 Å². The van der Waals surface area contributed by atoms with Gasteiger partial charge >= 0.3 is 0 Å². The van der Waals surface area contributed by atoms with Crippen LogP contribution >= 0.6 is 23.1 Å². The lowest BCUT2D eigenvalue weighted by Gasteiger charge is -2.09. The molecule has 4 aromatic rings. The highest BCUT2D eigenvalue weighted by Crippen LogP contribution is 2.30. The largest absolute Gasteiger partial charge is 0.493 e. The predicted molar refractivity (Wildman–Crippen MR) is 110 cm³/mol. The van der Waals surface area contributed by atoms with Crippen LogP contribution in [0.25, 0.3) is 21.6 Å². The summed E-state index contributed by atoms with van der Waals surface area (Å²) in [6.07, 6.45) is 0. The van der Waals surface area contributed by atoms with Crippen LogP contribution in [-0.4, -0.2) is 22.3 Å². The third-order valence-corrected chi connectivity index (χ3v) is 5.74. The van der Waals surface area contributed by atoms with E-state index in [4.69, 9.17) is 14.7 Å². The van der Waals surface area contributed by atoms with Gasteiger partial charge in [-0.15, -0.1) is 23.1 Å². The van der Waals surface area contributed by atoms with E-state index in [1.54, 1.807) is 23.1 Å². The molecule has 0 radical (unpaired) electrons. The van der Waals surface area contributed by atoms with Crippen molar-refractivity contribution in [3.05, 3.63) is 71.6 Å².